The highest BCUT2D eigenvalue weighted by atomic mass is 35.5. The number of hydrogen-bond donors (Lipinski definition) is 1. The van der Waals surface area contributed by atoms with E-state index < -0.39 is 28.5 Å². The first-order valence-corrected chi connectivity index (χ1v) is 16.6. The molecule has 0 radical (unpaired) electrons. The molecule has 1 fully saturated rings. The molecule has 0 saturated heterocycles. The molecule has 3 aromatic carbocycles. The zero-order valence-electron chi connectivity index (χ0n) is 24.3. The fraction of sp³-hybridized carbons (Fsp3) is 0.375. The van der Waals surface area contributed by atoms with Gasteiger partial charge in [0.25, 0.3) is 10.0 Å². The first-order chi connectivity index (χ1) is 20.6. The fourth-order valence-corrected chi connectivity index (χ4v) is 7.01. The van der Waals surface area contributed by atoms with Crippen LogP contribution in [-0.4, -0.2) is 50.4 Å². The molecule has 1 atom stereocenters. The predicted octanol–water partition coefficient (Wildman–Crippen LogP) is 6.45. The summed E-state index contributed by atoms with van der Waals surface area (Å²) in [7, 11) is -4.16. The summed E-state index contributed by atoms with van der Waals surface area (Å²) in [6.07, 6.45) is 4.98. The molecule has 2 amide bonds. The third-order valence-corrected chi connectivity index (χ3v) is 9.90. The van der Waals surface area contributed by atoms with Gasteiger partial charge >= 0.3 is 0 Å². The molecule has 0 aliphatic heterocycles. The SMILES string of the molecule is CCOc1ccc(N(CC(=O)N(Cc2ccc(Cl)cc2Cl)[C@H](C)C(=O)NC2CCCCC2)S(=O)(=O)c2ccccc2)cc1. The molecule has 1 aliphatic rings. The van der Waals surface area contributed by atoms with E-state index in [2.05, 4.69) is 5.32 Å². The van der Waals surface area contributed by atoms with Crippen LogP contribution in [0.2, 0.25) is 10.0 Å². The minimum absolute atomic E-state index is 0.0173. The van der Waals surface area contributed by atoms with Crippen LogP contribution in [0, 0.1) is 0 Å². The molecule has 1 N–H and O–H groups in total. The summed E-state index contributed by atoms with van der Waals surface area (Å²) >= 11 is 12.6. The van der Waals surface area contributed by atoms with Gasteiger partial charge in [-0.25, -0.2) is 8.42 Å². The predicted molar refractivity (Wildman–Crippen MR) is 170 cm³/mol. The molecule has 43 heavy (non-hydrogen) atoms. The molecule has 0 bridgehead atoms. The number of amides is 2. The summed E-state index contributed by atoms with van der Waals surface area (Å²) in [5.41, 5.74) is 0.861. The maximum absolute atomic E-state index is 14.1. The van der Waals surface area contributed by atoms with E-state index in [1.165, 1.54) is 17.0 Å². The van der Waals surface area contributed by atoms with E-state index in [4.69, 9.17) is 27.9 Å². The quantitative estimate of drug-likeness (QED) is 0.244. The van der Waals surface area contributed by atoms with Crippen LogP contribution in [-0.2, 0) is 26.2 Å². The first-order valence-electron chi connectivity index (χ1n) is 14.4. The van der Waals surface area contributed by atoms with Gasteiger partial charge in [0.05, 0.1) is 17.2 Å². The Bertz CT molecular complexity index is 1500. The third-order valence-electron chi connectivity index (χ3n) is 7.52. The van der Waals surface area contributed by atoms with Gasteiger partial charge in [0.2, 0.25) is 11.8 Å². The molecular formula is C32H37Cl2N3O5S. The Morgan fingerprint density at radius 3 is 2.28 bits per heavy atom. The summed E-state index contributed by atoms with van der Waals surface area (Å²) in [4.78, 5) is 29.0. The number of nitrogens with zero attached hydrogens (tertiary/aromatic N) is 2. The summed E-state index contributed by atoms with van der Waals surface area (Å²) in [5.74, 6) is -0.295. The lowest BCUT2D eigenvalue weighted by atomic mass is 9.95. The van der Waals surface area contributed by atoms with Crippen LogP contribution in [0.15, 0.2) is 77.7 Å². The van der Waals surface area contributed by atoms with Gasteiger partial charge in [0.1, 0.15) is 18.3 Å². The fourth-order valence-electron chi connectivity index (χ4n) is 5.11. The van der Waals surface area contributed by atoms with Crippen molar-refractivity contribution in [2.45, 2.75) is 69.5 Å². The molecule has 4 rings (SSSR count). The van der Waals surface area contributed by atoms with Crippen LogP contribution < -0.4 is 14.4 Å². The summed E-state index contributed by atoms with van der Waals surface area (Å²) < 4.78 is 34.4. The number of hydrogen-bond acceptors (Lipinski definition) is 5. The second-order valence-corrected chi connectivity index (χ2v) is 13.2. The van der Waals surface area contributed by atoms with Crippen molar-refractivity contribution in [2.24, 2.45) is 0 Å². The van der Waals surface area contributed by atoms with Crippen molar-refractivity contribution >= 4 is 50.7 Å². The molecule has 3 aromatic rings. The molecule has 230 valence electrons. The molecule has 0 aromatic heterocycles. The van der Waals surface area contributed by atoms with E-state index in [1.807, 2.05) is 6.92 Å². The van der Waals surface area contributed by atoms with E-state index in [0.29, 0.717) is 28.0 Å². The number of halogens is 2. The second-order valence-electron chi connectivity index (χ2n) is 10.5. The van der Waals surface area contributed by atoms with Crippen molar-refractivity contribution in [2.75, 3.05) is 17.5 Å². The molecule has 0 unspecified atom stereocenters. The number of sulfonamides is 1. The third kappa shape index (κ3) is 8.43. The van der Waals surface area contributed by atoms with Crippen LogP contribution in [0.25, 0.3) is 0 Å². The minimum Gasteiger partial charge on any atom is -0.494 e. The van der Waals surface area contributed by atoms with Crippen molar-refractivity contribution in [1.82, 2.24) is 10.2 Å². The number of carbonyl (C=O) groups excluding carboxylic acids is 2. The van der Waals surface area contributed by atoms with Crippen LogP contribution in [0.5, 0.6) is 5.75 Å². The Labute approximate surface area is 264 Å². The van der Waals surface area contributed by atoms with E-state index in [-0.39, 0.29) is 29.1 Å². The highest BCUT2D eigenvalue weighted by Crippen LogP contribution is 2.28. The maximum atomic E-state index is 14.1. The van der Waals surface area contributed by atoms with Gasteiger partial charge in [-0.2, -0.15) is 0 Å². The van der Waals surface area contributed by atoms with Crippen molar-refractivity contribution in [1.29, 1.82) is 0 Å². The van der Waals surface area contributed by atoms with Gasteiger partial charge in [0, 0.05) is 22.6 Å². The standard InChI is InChI=1S/C32H37Cl2N3O5S/c1-3-42-28-18-16-27(17-19-28)37(43(40,41)29-12-8-5-9-13-29)22-31(38)36(21-24-14-15-25(33)20-30(24)34)23(2)32(39)35-26-10-6-4-7-11-26/h5,8-9,12-20,23,26H,3-4,6-7,10-11,21-22H2,1-2H3,(H,35,39)/t23-/m1/s1. The zero-order chi connectivity index (χ0) is 31.0. The van der Waals surface area contributed by atoms with Crippen LogP contribution in [0.4, 0.5) is 5.69 Å². The van der Waals surface area contributed by atoms with Crippen LogP contribution in [0.1, 0.15) is 51.5 Å². The van der Waals surface area contributed by atoms with Gasteiger partial charge in [-0.3, -0.25) is 13.9 Å². The van der Waals surface area contributed by atoms with Gasteiger partial charge < -0.3 is 15.0 Å². The molecule has 0 spiro atoms. The topological polar surface area (TPSA) is 96.0 Å². The smallest absolute Gasteiger partial charge is 0.264 e. The van der Waals surface area contributed by atoms with Crippen molar-refractivity contribution in [3.8, 4) is 5.75 Å². The molecule has 1 saturated carbocycles. The Balaban J connectivity index is 1.68. The van der Waals surface area contributed by atoms with E-state index in [1.54, 1.807) is 67.6 Å². The minimum atomic E-state index is -4.16. The lowest BCUT2D eigenvalue weighted by molar-refractivity contribution is -0.139. The highest BCUT2D eigenvalue weighted by molar-refractivity contribution is 7.92. The Hall–Kier alpha value is -3.27. The second kappa shape index (κ2) is 14.9. The molecule has 1 aliphatic carbocycles. The van der Waals surface area contributed by atoms with Crippen LogP contribution in [0.3, 0.4) is 0 Å². The Morgan fingerprint density at radius 2 is 1.65 bits per heavy atom. The molecule has 0 heterocycles. The van der Waals surface area contributed by atoms with Gasteiger partial charge in [-0.05, 0) is 80.8 Å². The van der Waals surface area contributed by atoms with Crippen molar-refractivity contribution < 1.29 is 22.7 Å². The average Bonchev–Trinajstić information content (AvgIpc) is 3.00. The number of ether oxygens (including phenoxy) is 1. The van der Waals surface area contributed by atoms with E-state index in [0.717, 1.165) is 36.4 Å². The van der Waals surface area contributed by atoms with E-state index in [9.17, 15) is 18.0 Å². The summed E-state index contributed by atoms with van der Waals surface area (Å²) in [6, 6.07) is 18.5. The number of carbonyl (C=O) groups is 2. The average molecular weight is 647 g/mol. The summed E-state index contributed by atoms with van der Waals surface area (Å²) in [6.45, 7) is 3.39. The first kappa shape index (κ1) is 32.6. The number of nitrogens with one attached hydrogen (secondary N) is 1. The lowest BCUT2D eigenvalue weighted by Crippen LogP contribution is -2.53. The van der Waals surface area contributed by atoms with Crippen LogP contribution >= 0.6 is 23.2 Å². The largest absolute Gasteiger partial charge is 0.494 e. The summed E-state index contributed by atoms with van der Waals surface area (Å²) in [5, 5.41) is 3.86. The Kier molecular flexibility index (Phi) is 11.3. The Morgan fingerprint density at radius 1 is 0.977 bits per heavy atom. The van der Waals surface area contributed by atoms with Gasteiger partial charge in [0.15, 0.2) is 0 Å². The van der Waals surface area contributed by atoms with Crippen molar-refractivity contribution in [3.63, 3.8) is 0 Å². The number of benzene rings is 3. The molecule has 11 heteroatoms. The zero-order valence-corrected chi connectivity index (χ0v) is 26.7. The van der Waals surface area contributed by atoms with E-state index >= 15 is 0 Å². The highest BCUT2D eigenvalue weighted by Gasteiger charge is 2.33. The lowest BCUT2D eigenvalue weighted by Gasteiger charge is -2.33. The number of anilines is 1. The molecule has 8 nitrogen and oxygen atoms in total. The van der Waals surface area contributed by atoms with Gasteiger partial charge in [-0.1, -0.05) is 66.7 Å². The normalized spacial score (nSPS) is 14.5. The van der Waals surface area contributed by atoms with Gasteiger partial charge in [-0.15, -0.1) is 0 Å². The maximum Gasteiger partial charge on any atom is 0.264 e. The molecular weight excluding hydrogens is 609 g/mol. The van der Waals surface area contributed by atoms with Crippen molar-refractivity contribution in [3.05, 3.63) is 88.4 Å². The monoisotopic (exact) mass is 645 g/mol. The number of rotatable bonds is 12.